The molecule has 0 aliphatic rings. The van der Waals surface area contributed by atoms with Gasteiger partial charge in [0.1, 0.15) is 0 Å². The molecule has 2 aromatic heterocycles. The number of hydrogen-bond donors (Lipinski definition) is 0. The average molecular weight is 875 g/mol. The third kappa shape index (κ3) is 5.93. The predicted octanol–water partition coefficient (Wildman–Crippen LogP) is 19.1. The van der Waals surface area contributed by atoms with Crippen molar-refractivity contribution < 1.29 is 0 Å². The van der Waals surface area contributed by atoms with Gasteiger partial charge in [0.15, 0.2) is 0 Å². The van der Waals surface area contributed by atoms with Crippen LogP contribution in [0, 0.1) is 0 Å². The van der Waals surface area contributed by atoms with Crippen LogP contribution in [-0.4, -0.2) is 0 Å². The lowest BCUT2D eigenvalue weighted by molar-refractivity contribution is 1.30. The molecular weight excluding hydrogens is 837 g/mol. The Morgan fingerprint density at radius 3 is 0.833 bits per heavy atom. The van der Waals surface area contributed by atoms with E-state index < -0.39 is 0 Å². The van der Waals surface area contributed by atoms with Crippen LogP contribution in [0.15, 0.2) is 231 Å². The molecule has 12 aromatic carbocycles. The van der Waals surface area contributed by atoms with E-state index in [2.05, 4.69) is 240 Å². The van der Waals surface area contributed by atoms with Crippen LogP contribution in [0.25, 0.3) is 94.2 Å². The van der Waals surface area contributed by atoms with Crippen molar-refractivity contribution in [3.63, 3.8) is 0 Å². The second-order valence-electron chi connectivity index (χ2n) is 17.3. The van der Waals surface area contributed by atoms with Gasteiger partial charge in [0.25, 0.3) is 0 Å². The van der Waals surface area contributed by atoms with Crippen molar-refractivity contribution in [1.29, 1.82) is 0 Å². The molecule has 308 valence electrons. The molecule has 0 radical (unpaired) electrons. The van der Waals surface area contributed by atoms with Crippen molar-refractivity contribution in [3.05, 3.63) is 231 Å². The number of nitrogens with zero attached hydrogens (tertiary/aromatic N) is 2. The third-order valence-electron chi connectivity index (χ3n) is 13.5. The van der Waals surface area contributed by atoms with Crippen molar-refractivity contribution in [2.45, 2.75) is 0 Å². The van der Waals surface area contributed by atoms with Crippen molar-refractivity contribution in [3.8, 4) is 0 Å². The van der Waals surface area contributed by atoms with E-state index >= 15 is 0 Å². The highest BCUT2D eigenvalue weighted by molar-refractivity contribution is 7.33. The number of rotatable bonds is 6. The number of hydrogen-bond acceptors (Lipinski definition) is 4. The average Bonchev–Trinajstić information content (AvgIpc) is 3.96. The molecule has 0 saturated heterocycles. The van der Waals surface area contributed by atoms with E-state index in [1.54, 1.807) is 0 Å². The van der Waals surface area contributed by atoms with Crippen LogP contribution in [0.2, 0.25) is 0 Å². The van der Waals surface area contributed by atoms with E-state index in [4.69, 9.17) is 0 Å². The molecule has 14 aromatic rings. The van der Waals surface area contributed by atoms with Crippen LogP contribution in [0.1, 0.15) is 0 Å². The molecule has 14 rings (SSSR count). The standard InChI is InChI=1S/C62H38N2S2/c1-5-15-43-33-47(25-21-39(43)11-1)63(48-26-22-40-12-2-6-16-44(40)34-48)51-29-31-55-57(37-51)65-61-59(55)53-19-9-10-20-54(53)60-56-32-30-52(38-58(56)66-62(60)61)64(49-27-23-41-13-3-7-17-45(41)35-49)50-28-24-42-14-4-8-18-46(42)36-50/h1-38H. The van der Waals surface area contributed by atoms with Crippen LogP contribution < -0.4 is 9.80 Å². The first-order valence-electron chi connectivity index (χ1n) is 22.5. The fraction of sp³-hybridized carbons (Fsp3) is 0. The monoisotopic (exact) mass is 874 g/mol. The molecule has 0 aliphatic heterocycles. The number of fused-ring (bicyclic) bond motifs is 14. The molecule has 66 heavy (non-hydrogen) atoms. The summed E-state index contributed by atoms with van der Waals surface area (Å²) in [7, 11) is 0. The summed E-state index contributed by atoms with van der Waals surface area (Å²) in [5, 5.41) is 17.7. The highest BCUT2D eigenvalue weighted by atomic mass is 32.1. The maximum atomic E-state index is 2.42. The highest BCUT2D eigenvalue weighted by Gasteiger charge is 2.22. The molecule has 0 aliphatic carbocycles. The van der Waals surface area contributed by atoms with Gasteiger partial charge in [0.05, 0.1) is 9.40 Å². The van der Waals surface area contributed by atoms with E-state index in [9.17, 15) is 0 Å². The molecule has 0 unspecified atom stereocenters. The molecule has 0 spiro atoms. The van der Waals surface area contributed by atoms with E-state index in [1.165, 1.54) is 94.2 Å². The SMILES string of the molecule is c1ccc2cc(N(c3ccc4ccccc4c3)c3ccc4c(c3)sc3c5sc6cc(N(c7ccc8ccccc8c7)c7ccc8ccccc8c7)ccc6c5c5ccccc5c43)ccc2c1. The lowest BCUT2D eigenvalue weighted by Crippen LogP contribution is -2.09. The summed E-state index contributed by atoms with van der Waals surface area (Å²) in [5.41, 5.74) is 6.84. The zero-order chi connectivity index (χ0) is 43.3. The van der Waals surface area contributed by atoms with Crippen molar-refractivity contribution >= 4 is 151 Å². The molecule has 0 amide bonds. The predicted molar refractivity (Wildman–Crippen MR) is 289 cm³/mol. The maximum absolute atomic E-state index is 2.42. The smallest absolute Gasteiger partial charge is 0.0540 e. The lowest BCUT2D eigenvalue weighted by atomic mass is 9.98. The molecule has 4 heteroatoms. The summed E-state index contributed by atoms with van der Waals surface area (Å²) in [4.78, 5) is 4.85. The van der Waals surface area contributed by atoms with Crippen LogP contribution in [0.5, 0.6) is 0 Å². The first kappa shape index (κ1) is 37.4. The van der Waals surface area contributed by atoms with Gasteiger partial charge in [-0.3, -0.25) is 0 Å². The van der Waals surface area contributed by atoms with Gasteiger partial charge in [0, 0.05) is 65.1 Å². The Morgan fingerprint density at radius 1 is 0.227 bits per heavy atom. The van der Waals surface area contributed by atoms with Crippen LogP contribution in [0.3, 0.4) is 0 Å². The van der Waals surface area contributed by atoms with Crippen LogP contribution >= 0.6 is 22.7 Å². The third-order valence-corrected chi connectivity index (χ3v) is 16.0. The summed E-state index contributed by atoms with van der Waals surface area (Å²) in [6, 6.07) is 85.1. The Morgan fingerprint density at radius 2 is 0.500 bits per heavy atom. The van der Waals surface area contributed by atoms with Gasteiger partial charge in [-0.25, -0.2) is 0 Å². The van der Waals surface area contributed by atoms with Gasteiger partial charge in [-0.15, -0.1) is 22.7 Å². The molecule has 0 saturated carbocycles. The summed E-state index contributed by atoms with van der Waals surface area (Å²) >= 11 is 3.86. The number of benzene rings is 12. The Hall–Kier alpha value is -8.02. The number of anilines is 6. The van der Waals surface area contributed by atoms with Crippen LogP contribution in [0.4, 0.5) is 34.1 Å². The zero-order valence-corrected chi connectivity index (χ0v) is 37.3. The van der Waals surface area contributed by atoms with Gasteiger partial charge >= 0.3 is 0 Å². The lowest BCUT2D eigenvalue weighted by Gasteiger charge is -2.26. The second kappa shape index (κ2) is 14.8. The van der Waals surface area contributed by atoms with E-state index in [0.29, 0.717) is 0 Å². The molecular formula is C62H38N2S2. The zero-order valence-electron chi connectivity index (χ0n) is 35.7. The molecule has 2 heterocycles. The highest BCUT2D eigenvalue weighted by Crippen LogP contribution is 2.51. The molecule has 0 N–H and O–H groups in total. The second-order valence-corrected chi connectivity index (χ2v) is 19.4. The Bertz CT molecular complexity index is 3840. The van der Waals surface area contributed by atoms with Gasteiger partial charge < -0.3 is 9.80 Å². The summed E-state index contributed by atoms with van der Waals surface area (Å²) < 4.78 is 5.26. The van der Waals surface area contributed by atoms with Gasteiger partial charge in [-0.05, 0) is 127 Å². The topological polar surface area (TPSA) is 6.48 Å². The molecule has 0 fully saturated rings. The fourth-order valence-corrected chi connectivity index (χ4v) is 13.0. The largest absolute Gasteiger partial charge is 0.310 e. The van der Waals surface area contributed by atoms with Gasteiger partial charge in [0.2, 0.25) is 0 Å². The quantitative estimate of drug-likeness (QED) is 0.164. The maximum Gasteiger partial charge on any atom is 0.0540 e. The normalized spacial score (nSPS) is 11.9. The number of thiophene rings is 2. The Kier molecular flexibility index (Phi) is 8.36. The molecule has 0 bridgehead atoms. The van der Waals surface area contributed by atoms with Gasteiger partial charge in [-0.1, -0.05) is 158 Å². The Labute approximate surface area is 389 Å². The summed E-state index contributed by atoms with van der Waals surface area (Å²) in [5.74, 6) is 0. The minimum Gasteiger partial charge on any atom is -0.310 e. The fourth-order valence-electron chi connectivity index (χ4n) is 10.4. The van der Waals surface area contributed by atoms with Crippen molar-refractivity contribution in [1.82, 2.24) is 0 Å². The van der Waals surface area contributed by atoms with E-state index in [0.717, 1.165) is 34.1 Å². The van der Waals surface area contributed by atoms with E-state index in [-0.39, 0.29) is 0 Å². The van der Waals surface area contributed by atoms with Crippen molar-refractivity contribution in [2.24, 2.45) is 0 Å². The van der Waals surface area contributed by atoms with Crippen LogP contribution in [-0.2, 0) is 0 Å². The van der Waals surface area contributed by atoms with Gasteiger partial charge in [-0.2, -0.15) is 0 Å². The minimum absolute atomic E-state index is 1.14. The van der Waals surface area contributed by atoms with Crippen molar-refractivity contribution in [2.75, 3.05) is 9.80 Å². The Balaban J connectivity index is 0.969. The first-order valence-corrected chi connectivity index (χ1v) is 24.1. The van der Waals surface area contributed by atoms with E-state index in [1.807, 2.05) is 22.7 Å². The first-order chi connectivity index (χ1) is 32.7. The molecule has 2 nitrogen and oxygen atoms in total. The summed E-state index contributed by atoms with van der Waals surface area (Å²) in [6.07, 6.45) is 0. The molecule has 0 atom stereocenters. The summed E-state index contributed by atoms with van der Waals surface area (Å²) in [6.45, 7) is 0. The minimum atomic E-state index is 1.14.